The maximum absolute atomic E-state index is 13.4. The van der Waals surface area contributed by atoms with Crippen LogP contribution in [0.5, 0.6) is 0 Å². The molecule has 0 spiro atoms. The van der Waals surface area contributed by atoms with Crippen LogP contribution in [0.3, 0.4) is 0 Å². The first-order valence-electron chi connectivity index (χ1n) is 9.35. The number of nitrogens with zero attached hydrogens (tertiary/aromatic N) is 3. The van der Waals surface area contributed by atoms with E-state index in [-0.39, 0.29) is 5.82 Å². The first kappa shape index (κ1) is 17.5. The van der Waals surface area contributed by atoms with Crippen molar-refractivity contribution in [2.24, 2.45) is 0 Å². The molecule has 0 aliphatic rings. The minimum atomic E-state index is -0.275. The normalized spacial score (nSPS) is 11.4. The van der Waals surface area contributed by atoms with Crippen LogP contribution >= 0.6 is 0 Å². The highest BCUT2D eigenvalue weighted by molar-refractivity contribution is 5.88. The van der Waals surface area contributed by atoms with E-state index < -0.39 is 0 Å². The van der Waals surface area contributed by atoms with Crippen molar-refractivity contribution in [3.8, 4) is 22.4 Å². The molecule has 3 aromatic carbocycles. The molecule has 142 valence electrons. The maximum atomic E-state index is 13.4. The average molecular weight is 383 g/mol. The molecule has 0 amide bonds. The summed E-state index contributed by atoms with van der Waals surface area (Å²) >= 11 is 0. The van der Waals surface area contributed by atoms with E-state index in [1.807, 2.05) is 22.7 Å². The van der Waals surface area contributed by atoms with Gasteiger partial charge in [-0.05, 0) is 40.6 Å². The Morgan fingerprint density at radius 3 is 2.45 bits per heavy atom. The number of ether oxygens (including phenoxy) is 1. The molecule has 0 saturated heterocycles. The lowest BCUT2D eigenvalue weighted by atomic mass is 10.0. The summed E-state index contributed by atoms with van der Waals surface area (Å²) in [6, 6.07) is 23.0. The standard InChI is InChI=1S/C24H18FN3O/c1-29-15-21-23(17-8-10-20(25)11-9-17)24-26-13-12-22(28(24)27-21)19-7-6-16-4-2-3-5-18(16)14-19/h2-14H,15H2,1H3. The predicted molar refractivity (Wildman–Crippen MR) is 112 cm³/mol. The molecule has 29 heavy (non-hydrogen) atoms. The third-order valence-corrected chi connectivity index (χ3v) is 5.05. The third kappa shape index (κ3) is 3.05. The molecule has 2 heterocycles. The first-order valence-corrected chi connectivity index (χ1v) is 9.35. The Kier molecular flexibility index (Phi) is 4.30. The number of methoxy groups -OCH3 is 1. The number of benzene rings is 3. The molecule has 5 heteroatoms. The van der Waals surface area contributed by atoms with Gasteiger partial charge in [-0.1, -0.05) is 48.5 Å². The van der Waals surface area contributed by atoms with Gasteiger partial charge in [0.2, 0.25) is 0 Å². The number of fused-ring (bicyclic) bond motifs is 2. The molecular weight excluding hydrogens is 365 g/mol. The van der Waals surface area contributed by atoms with Crippen molar-refractivity contribution in [1.82, 2.24) is 14.6 Å². The van der Waals surface area contributed by atoms with Gasteiger partial charge in [-0.25, -0.2) is 13.9 Å². The minimum absolute atomic E-state index is 0.275. The zero-order chi connectivity index (χ0) is 19.8. The Balaban J connectivity index is 1.75. The number of halogens is 1. The van der Waals surface area contributed by atoms with Gasteiger partial charge in [-0.2, -0.15) is 5.10 Å². The fourth-order valence-corrected chi connectivity index (χ4v) is 3.71. The lowest BCUT2D eigenvalue weighted by Crippen LogP contribution is -1.96. The summed E-state index contributed by atoms with van der Waals surface area (Å²) in [5.74, 6) is -0.275. The molecule has 0 bridgehead atoms. The highest BCUT2D eigenvalue weighted by Gasteiger charge is 2.18. The largest absolute Gasteiger partial charge is 0.378 e. The average Bonchev–Trinajstić information content (AvgIpc) is 3.12. The van der Waals surface area contributed by atoms with Crippen LogP contribution < -0.4 is 0 Å². The summed E-state index contributed by atoms with van der Waals surface area (Å²) in [4.78, 5) is 4.58. The second-order valence-electron chi connectivity index (χ2n) is 6.89. The molecule has 0 atom stereocenters. The second-order valence-corrected chi connectivity index (χ2v) is 6.89. The van der Waals surface area contributed by atoms with Crippen LogP contribution in [-0.2, 0) is 11.3 Å². The predicted octanol–water partition coefficient (Wildman–Crippen LogP) is 5.50. The Bertz CT molecular complexity index is 1330. The van der Waals surface area contributed by atoms with E-state index in [4.69, 9.17) is 9.84 Å². The van der Waals surface area contributed by atoms with Crippen molar-refractivity contribution >= 4 is 16.4 Å². The molecule has 4 nitrogen and oxygen atoms in total. The topological polar surface area (TPSA) is 39.4 Å². The molecule has 0 N–H and O–H groups in total. The Morgan fingerprint density at radius 2 is 1.66 bits per heavy atom. The smallest absolute Gasteiger partial charge is 0.163 e. The maximum Gasteiger partial charge on any atom is 0.163 e. The van der Waals surface area contributed by atoms with Gasteiger partial charge in [0.15, 0.2) is 5.65 Å². The minimum Gasteiger partial charge on any atom is -0.378 e. The molecular formula is C24H18FN3O. The summed E-state index contributed by atoms with van der Waals surface area (Å²) < 4.78 is 20.7. The molecule has 0 saturated carbocycles. The van der Waals surface area contributed by atoms with Crippen LogP contribution in [0.2, 0.25) is 0 Å². The summed E-state index contributed by atoms with van der Waals surface area (Å²) in [5.41, 5.74) is 5.18. The van der Waals surface area contributed by atoms with Crippen molar-refractivity contribution in [3.05, 3.63) is 90.5 Å². The van der Waals surface area contributed by atoms with E-state index >= 15 is 0 Å². The van der Waals surface area contributed by atoms with Gasteiger partial charge in [0.25, 0.3) is 0 Å². The first-order chi connectivity index (χ1) is 14.2. The van der Waals surface area contributed by atoms with Crippen molar-refractivity contribution in [3.63, 3.8) is 0 Å². The Labute approximate surface area is 167 Å². The molecule has 2 aromatic heterocycles. The van der Waals surface area contributed by atoms with Crippen LogP contribution in [0.25, 0.3) is 38.8 Å². The van der Waals surface area contributed by atoms with E-state index in [0.29, 0.717) is 12.3 Å². The molecule has 0 aliphatic carbocycles. The highest BCUT2D eigenvalue weighted by Crippen LogP contribution is 2.32. The lowest BCUT2D eigenvalue weighted by molar-refractivity contribution is 0.181. The SMILES string of the molecule is COCc1nn2c(-c3ccc4ccccc4c3)ccnc2c1-c1ccc(F)cc1. The molecule has 0 fully saturated rings. The monoisotopic (exact) mass is 383 g/mol. The van der Waals surface area contributed by atoms with Gasteiger partial charge < -0.3 is 4.74 Å². The van der Waals surface area contributed by atoms with Crippen LogP contribution in [0, 0.1) is 5.82 Å². The molecule has 0 unspecified atom stereocenters. The van der Waals surface area contributed by atoms with Crippen molar-refractivity contribution in [2.45, 2.75) is 6.61 Å². The van der Waals surface area contributed by atoms with Crippen LogP contribution in [-0.4, -0.2) is 21.7 Å². The number of hydrogen-bond donors (Lipinski definition) is 0. The fourth-order valence-electron chi connectivity index (χ4n) is 3.71. The Morgan fingerprint density at radius 1 is 0.897 bits per heavy atom. The number of aromatic nitrogens is 3. The highest BCUT2D eigenvalue weighted by atomic mass is 19.1. The quantitative estimate of drug-likeness (QED) is 0.411. The van der Waals surface area contributed by atoms with E-state index in [2.05, 4.69) is 35.3 Å². The van der Waals surface area contributed by atoms with Crippen LogP contribution in [0.4, 0.5) is 4.39 Å². The molecule has 5 rings (SSSR count). The van der Waals surface area contributed by atoms with E-state index in [0.717, 1.165) is 33.5 Å². The van der Waals surface area contributed by atoms with Crippen molar-refractivity contribution in [1.29, 1.82) is 0 Å². The summed E-state index contributed by atoms with van der Waals surface area (Å²) in [6.45, 7) is 0.341. The third-order valence-electron chi connectivity index (χ3n) is 5.05. The van der Waals surface area contributed by atoms with Gasteiger partial charge >= 0.3 is 0 Å². The van der Waals surface area contributed by atoms with Gasteiger partial charge in [0.1, 0.15) is 5.82 Å². The van der Waals surface area contributed by atoms with E-state index in [1.54, 1.807) is 25.4 Å². The van der Waals surface area contributed by atoms with Crippen molar-refractivity contribution < 1.29 is 9.13 Å². The zero-order valence-corrected chi connectivity index (χ0v) is 15.8. The van der Waals surface area contributed by atoms with Gasteiger partial charge in [-0.15, -0.1) is 0 Å². The lowest BCUT2D eigenvalue weighted by Gasteiger charge is -2.07. The molecule has 0 radical (unpaired) electrons. The number of rotatable bonds is 4. The fraction of sp³-hybridized carbons (Fsp3) is 0.0833. The molecule has 5 aromatic rings. The van der Waals surface area contributed by atoms with Gasteiger partial charge in [0, 0.05) is 18.9 Å². The van der Waals surface area contributed by atoms with Gasteiger partial charge in [-0.3, -0.25) is 0 Å². The summed E-state index contributed by atoms with van der Waals surface area (Å²) in [5, 5.41) is 7.15. The Hall–Kier alpha value is -3.57. The van der Waals surface area contributed by atoms with Gasteiger partial charge in [0.05, 0.1) is 23.6 Å². The second kappa shape index (κ2) is 7.11. The van der Waals surface area contributed by atoms with Crippen LogP contribution in [0.1, 0.15) is 5.69 Å². The van der Waals surface area contributed by atoms with Crippen LogP contribution in [0.15, 0.2) is 79.0 Å². The van der Waals surface area contributed by atoms with Crippen molar-refractivity contribution in [2.75, 3.05) is 7.11 Å². The van der Waals surface area contributed by atoms with E-state index in [9.17, 15) is 4.39 Å². The number of hydrogen-bond acceptors (Lipinski definition) is 3. The zero-order valence-electron chi connectivity index (χ0n) is 15.8. The summed E-state index contributed by atoms with van der Waals surface area (Å²) in [6.07, 6.45) is 1.78. The molecule has 0 aliphatic heterocycles. The summed E-state index contributed by atoms with van der Waals surface area (Å²) in [7, 11) is 1.64. The van der Waals surface area contributed by atoms with E-state index in [1.165, 1.54) is 17.5 Å².